The van der Waals surface area contributed by atoms with Gasteiger partial charge >= 0.3 is 0 Å². The van der Waals surface area contributed by atoms with Gasteiger partial charge in [-0.1, -0.05) is 142 Å². The van der Waals surface area contributed by atoms with Crippen LogP contribution in [-0.2, 0) is 11.8 Å². The first-order valence-corrected chi connectivity index (χ1v) is 23.2. The normalized spacial score (nSPS) is 12.9. The third-order valence-electron chi connectivity index (χ3n) is 14.1. The van der Waals surface area contributed by atoms with Crippen LogP contribution in [0.5, 0.6) is 0 Å². The maximum atomic E-state index is 2.58. The van der Waals surface area contributed by atoms with Crippen molar-refractivity contribution in [3.8, 4) is 22.3 Å². The molecule has 0 aliphatic carbocycles. The standard InChI is InChI=1S/C63H56N2/c1-38-14-10-20-51(30-38)64-55-35-48(59-40(3)16-12-17-41(59)4)24-22-44(55)32-45-23-25-49(60-42(5)18-13-19-43(60)6)36-56(45)65(52-21-11-15-39(2)31-52)58-37-57(64)53-28-26-46-33-50(63(7,8)9)34-47-27-29-54(58)62(53)61(46)47/h10-31,33-37H,32H2,1-9H3. The SMILES string of the molecule is Cc1cccc(N2c3cc(-c4c(C)cccc4C)ccc3Cc3ccc(-c4c(C)cccc4C)cc3N(c3cccc(C)c3)c3cc2c2ccc4cc(C(C)(C)C)cc5ccc3c2c45)c1. The second-order valence-electron chi connectivity index (χ2n) is 19.8. The monoisotopic (exact) mass is 840 g/mol. The Morgan fingerprint density at radius 2 is 0.815 bits per heavy atom. The second kappa shape index (κ2) is 15.2. The van der Waals surface area contributed by atoms with Crippen molar-refractivity contribution in [3.63, 3.8) is 0 Å². The first kappa shape index (κ1) is 40.6. The molecule has 0 atom stereocenters. The number of hydrogen-bond donors (Lipinski definition) is 0. The molecule has 0 fully saturated rings. The number of anilines is 6. The van der Waals surface area contributed by atoms with E-state index < -0.39 is 0 Å². The average molecular weight is 841 g/mol. The zero-order valence-corrected chi connectivity index (χ0v) is 39.2. The summed E-state index contributed by atoms with van der Waals surface area (Å²) < 4.78 is 0. The number of rotatable bonds is 4. The summed E-state index contributed by atoms with van der Waals surface area (Å²) >= 11 is 0. The molecular weight excluding hydrogens is 785 g/mol. The number of hydrogen-bond acceptors (Lipinski definition) is 2. The fraction of sp³-hybridized carbons (Fsp3) is 0.175. The molecule has 0 N–H and O–H groups in total. The van der Waals surface area contributed by atoms with Crippen molar-refractivity contribution in [2.75, 3.05) is 9.80 Å². The van der Waals surface area contributed by atoms with Crippen LogP contribution in [0.1, 0.15) is 70.8 Å². The maximum absolute atomic E-state index is 2.58. The molecule has 1 aliphatic heterocycles. The summed E-state index contributed by atoms with van der Waals surface area (Å²) in [6.45, 7) is 20.4. The molecule has 0 amide bonds. The third kappa shape index (κ3) is 6.78. The highest BCUT2D eigenvalue weighted by atomic mass is 15.2. The van der Waals surface area contributed by atoms with E-state index in [0.717, 1.165) is 17.8 Å². The third-order valence-corrected chi connectivity index (χ3v) is 14.1. The van der Waals surface area contributed by atoms with Gasteiger partial charge in [0.1, 0.15) is 0 Å². The van der Waals surface area contributed by atoms with Gasteiger partial charge in [-0.05, 0) is 178 Å². The number of nitrogens with zero attached hydrogens (tertiary/aromatic N) is 2. The average Bonchev–Trinajstić information content (AvgIpc) is 3.27. The first-order chi connectivity index (χ1) is 31.3. The van der Waals surface area contributed by atoms with Gasteiger partial charge < -0.3 is 9.80 Å². The topological polar surface area (TPSA) is 6.48 Å². The number of aryl methyl sites for hydroxylation is 6. The molecule has 0 spiro atoms. The van der Waals surface area contributed by atoms with Gasteiger partial charge in [0.15, 0.2) is 0 Å². The van der Waals surface area contributed by atoms with Gasteiger partial charge in [0.25, 0.3) is 0 Å². The lowest BCUT2D eigenvalue weighted by Gasteiger charge is -2.36. The highest BCUT2D eigenvalue weighted by molar-refractivity contribution is 6.29. The van der Waals surface area contributed by atoms with Gasteiger partial charge in [0, 0.05) is 34.0 Å². The quantitative estimate of drug-likeness (QED) is 0.163. The predicted molar refractivity (Wildman–Crippen MR) is 280 cm³/mol. The fourth-order valence-corrected chi connectivity index (χ4v) is 10.9. The first-order valence-electron chi connectivity index (χ1n) is 23.2. The zero-order valence-electron chi connectivity index (χ0n) is 39.2. The van der Waals surface area contributed by atoms with Gasteiger partial charge in [0.2, 0.25) is 0 Å². The molecular formula is C63H56N2. The van der Waals surface area contributed by atoms with Crippen molar-refractivity contribution < 1.29 is 0 Å². The summed E-state index contributed by atoms with van der Waals surface area (Å²) in [5.41, 5.74) is 23.6. The second-order valence-corrected chi connectivity index (χ2v) is 19.8. The molecule has 0 radical (unpaired) electrons. The lowest BCUT2D eigenvalue weighted by atomic mass is 9.83. The van der Waals surface area contributed by atoms with E-state index >= 15 is 0 Å². The minimum Gasteiger partial charge on any atom is -0.309 e. The van der Waals surface area contributed by atoms with Crippen LogP contribution in [0.25, 0.3) is 54.6 Å². The molecule has 318 valence electrons. The summed E-state index contributed by atoms with van der Waals surface area (Å²) in [6, 6.07) is 62.9. The van der Waals surface area contributed by atoms with Crippen molar-refractivity contribution >= 4 is 66.4 Å². The summed E-state index contributed by atoms with van der Waals surface area (Å²) in [5, 5.41) is 7.65. The minimum atomic E-state index is 0.00940. The molecule has 0 saturated heterocycles. The van der Waals surface area contributed by atoms with Crippen molar-refractivity contribution in [1.29, 1.82) is 0 Å². The molecule has 0 aromatic heterocycles. The number of benzene rings is 10. The summed E-state index contributed by atoms with van der Waals surface area (Å²) in [7, 11) is 0. The van der Waals surface area contributed by atoms with Crippen LogP contribution in [0.4, 0.5) is 34.1 Å². The molecule has 2 bridgehead atoms. The Bertz CT molecular complexity index is 3270. The fourth-order valence-electron chi connectivity index (χ4n) is 10.9. The molecule has 10 aromatic rings. The van der Waals surface area contributed by atoms with Crippen LogP contribution in [0, 0.1) is 41.5 Å². The van der Waals surface area contributed by atoms with E-state index in [1.807, 2.05) is 0 Å². The van der Waals surface area contributed by atoms with E-state index in [1.54, 1.807) is 0 Å². The van der Waals surface area contributed by atoms with E-state index in [4.69, 9.17) is 0 Å². The van der Waals surface area contributed by atoms with E-state index in [0.29, 0.717) is 0 Å². The Balaban J connectivity index is 1.34. The van der Waals surface area contributed by atoms with Crippen molar-refractivity contribution in [2.45, 2.75) is 74.1 Å². The van der Waals surface area contributed by atoms with Crippen LogP contribution < -0.4 is 9.80 Å². The van der Waals surface area contributed by atoms with Crippen molar-refractivity contribution in [2.24, 2.45) is 0 Å². The predicted octanol–water partition coefficient (Wildman–Crippen LogP) is 17.9. The molecule has 1 heterocycles. The Kier molecular flexibility index (Phi) is 9.52. The minimum absolute atomic E-state index is 0.00940. The van der Waals surface area contributed by atoms with Crippen LogP contribution >= 0.6 is 0 Å². The Morgan fingerprint density at radius 1 is 0.385 bits per heavy atom. The van der Waals surface area contributed by atoms with E-state index in [1.165, 1.54) is 127 Å². The molecule has 10 aromatic carbocycles. The van der Waals surface area contributed by atoms with Crippen LogP contribution in [-0.4, -0.2) is 0 Å². The van der Waals surface area contributed by atoms with Gasteiger partial charge in [-0.15, -0.1) is 0 Å². The van der Waals surface area contributed by atoms with Crippen LogP contribution in [0.3, 0.4) is 0 Å². The van der Waals surface area contributed by atoms with E-state index in [2.05, 4.69) is 236 Å². The summed E-state index contributed by atoms with van der Waals surface area (Å²) in [5.74, 6) is 0. The van der Waals surface area contributed by atoms with E-state index in [-0.39, 0.29) is 5.41 Å². The highest BCUT2D eigenvalue weighted by Crippen LogP contribution is 2.53. The molecule has 2 heteroatoms. The molecule has 11 rings (SSSR count). The summed E-state index contributed by atoms with van der Waals surface area (Å²) in [6.07, 6.45) is 0.741. The van der Waals surface area contributed by atoms with Crippen molar-refractivity contribution in [3.05, 3.63) is 214 Å². The largest absolute Gasteiger partial charge is 0.309 e. The van der Waals surface area contributed by atoms with Crippen molar-refractivity contribution in [1.82, 2.24) is 0 Å². The van der Waals surface area contributed by atoms with Gasteiger partial charge in [0.05, 0.1) is 22.7 Å². The summed E-state index contributed by atoms with van der Waals surface area (Å²) in [4.78, 5) is 5.17. The lowest BCUT2D eigenvalue weighted by Crippen LogP contribution is -2.19. The molecule has 0 saturated carbocycles. The van der Waals surface area contributed by atoms with E-state index in [9.17, 15) is 0 Å². The van der Waals surface area contributed by atoms with Gasteiger partial charge in [-0.3, -0.25) is 0 Å². The highest BCUT2D eigenvalue weighted by Gasteiger charge is 2.30. The smallest absolute Gasteiger partial charge is 0.0561 e. The van der Waals surface area contributed by atoms with Gasteiger partial charge in [-0.25, -0.2) is 0 Å². The Morgan fingerprint density at radius 3 is 1.23 bits per heavy atom. The Labute approximate surface area is 384 Å². The molecule has 2 nitrogen and oxygen atoms in total. The van der Waals surface area contributed by atoms with Crippen LogP contribution in [0.15, 0.2) is 164 Å². The van der Waals surface area contributed by atoms with Gasteiger partial charge in [-0.2, -0.15) is 0 Å². The molecule has 0 unspecified atom stereocenters. The molecule has 1 aliphatic rings. The maximum Gasteiger partial charge on any atom is 0.0561 e. The Hall–Kier alpha value is -7.16. The zero-order chi connectivity index (χ0) is 44.9. The number of fused-ring (bicyclic) bond motifs is 6. The van der Waals surface area contributed by atoms with Crippen LogP contribution in [0.2, 0.25) is 0 Å². The molecule has 65 heavy (non-hydrogen) atoms. The lowest BCUT2D eigenvalue weighted by molar-refractivity contribution is 0.591.